The van der Waals surface area contributed by atoms with Gasteiger partial charge in [0, 0.05) is 0 Å². The van der Waals surface area contributed by atoms with Gasteiger partial charge in [-0.2, -0.15) is 0 Å². The molecule has 0 N–H and O–H groups in total. The summed E-state index contributed by atoms with van der Waals surface area (Å²) in [6, 6.07) is 0. The summed E-state index contributed by atoms with van der Waals surface area (Å²) in [5.74, 6) is -5.40. The molecule has 0 spiro atoms. The van der Waals surface area contributed by atoms with Gasteiger partial charge < -0.3 is 0 Å². The zero-order valence-electron chi connectivity index (χ0n) is 6.22. The molecule has 1 aromatic carbocycles. The third-order valence-electron chi connectivity index (χ3n) is 1.46. The van der Waals surface area contributed by atoms with Crippen molar-refractivity contribution in [3.8, 4) is 0 Å². The Morgan fingerprint density at radius 2 is 1.29 bits per heavy atom. The van der Waals surface area contributed by atoms with E-state index in [4.69, 9.17) is 23.2 Å². The number of hydrogen-bond acceptors (Lipinski definition) is 0. The second-order valence-corrected chi connectivity index (χ2v) is 3.04. The van der Waals surface area contributed by atoms with Crippen LogP contribution in [-0.4, -0.2) is 0 Å². The molecule has 0 unspecified atom stereocenters. The van der Waals surface area contributed by atoms with Gasteiger partial charge in [0.1, 0.15) is 5.02 Å². The Morgan fingerprint density at radius 1 is 0.786 bits per heavy atom. The topological polar surface area (TPSA) is 0 Å². The molecular weight excluding hydrogens is 250 g/mol. The zero-order valence-corrected chi connectivity index (χ0v) is 7.73. The van der Waals surface area contributed by atoms with Crippen LogP contribution < -0.4 is 0 Å². The standard InChI is InChI=1S/C7HCl2F5/c8-2-1(7(13)14)4(10)6(12)3(9)5(2)11/h7H. The van der Waals surface area contributed by atoms with Crippen LogP contribution in [0.5, 0.6) is 0 Å². The Hall–Kier alpha value is -0.550. The molecule has 1 rings (SSSR count). The number of benzene rings is 1. The lowest BCUT2D eigenvalue weighted by molar-refractivity contribution is 0.144. The maximum atomic E-state index is 12.8. The molecule has 0 fully saturated rings. The SMILES string of the molecule is Fc1c(F)c(C(F)F)c(Cl)c(F)c1Cl. The Labute approximate surface area is 85.2 Å². The molecule has 0 amide bonds. The average molecular weight is 251 g/mol. The first-order valence-electron chi connectivity index (χ1n) is 3.17. The van der Waals surface area contributed by atoms with Crippen LogP contribution in [0.2, 0.25) is 10.0 Å². The van der Waals surface area contributed by atoms with Crippen LogP contribution in [0.15, 0.2) is 0 Å². The molecule has 0 radical (unpaired) electrons. The van der Waals surface area contributed by atoms with Crippen LogP contribution in [0.3, 0.4) is 0 Å². The Balaban J connectivity index is 3.60. The van der Waals surface area contributed by atoms with E-state index >= 15 is 0 Å². The highest BCUT2D eigenvalue weighted by Gasteiger charge is 2.27. The first-order valence-corrected chi connectivity index (χ1v) is 3.93. The fourth-order valence-electron chi connectivity index (χ4n) is 0.813. The van der Waals surface area contributed by atoms with E-state index < -0.39 is 39.5 Å². The van der Waals surface area contributed by atoms with Gasteiger partial charge in [-0.1, -0.05) is 23.2 Å². The molecule has 14 heavy (non-hydrogen) atoms. The van der Waals surface area contributed by atoms with Crippen molar-refractivity contribution in [2.24, 2.45) is 0 Å². The van der Waals surface area contributed by atoms with Gasteiger partial charge in [0.2, 0.25) is 0 Å². The lowest BCUT2D eigenvalue weighted by Crippen LogP contribution is -2.01. The second-order valence-electron chi connectivity index (χ2n) is 2.28. The predicted octanol–water partition coefficient (Wildman–Crippen LogP) is 4.35. The van der Waals surface area contributed by atoms with Crippen LogP contribution in [0, 0.1) is 17.5 Å². The van der Waals surface area contributed by atoms with Gasteiger partial charge in [-0.25, -0.2) is 22.0 Å². The van der Waals surface area contributed by atoms with E-state index in [9.17, 15) is 22.0 Å². The minimum Gasteiger partial charge on any atom is -0.205 e. The van der Waals surface area contributed by atoms with Crippen LogP contribution in [0.4, 0.5) is 22.0 Å². The number of halogens is 7. The second kappa shape index (κ2) is 3.90. The molecule has 0 aliphatic heterocycles. The summed E-state index contributed by atoms with van der Waals surface area (Å²) >= 11 is 9.97. The lowest BCUT2D eigenvalue weighted by Gasteiger charge is -2.08. The number of alkyl halides is 2. The maximum Gasteiger partial charge on any atom is 0.268 e. The van der Waals surface area contributed by atoms with E-state index in [1.54, 1.807) is 0 Å². The van der Waals surface area contributed by atoms with Gasteiger partial charge >= 0.3 is 0 Å². The molecule has 0 nitrogen and oxygen atoms in total. The summed E-state index contributed by atoms with van der Waals surface area (Å²) in [4.78, 5) is 0. The van der Waals surface area contributed by atoms with Crippen molar-refractivity contribution in [3.63, 3.8) is 0 Å². The van der Waals surface area contributed by atoms with Crippen molar-refractivity contribution in [1.82, 2.24) is 0 Å². The highest BCUT2D eigenvalue weighted by atomic mass is 35.5. The van der Waals surface area contributed by atoms with E-state index in [1.807, 2.05) is 0 Å². The molecule has 7 heteroatoms. The fourth-order valence-corrected chi connectivity index (χ4v) is 1.30. The van der Waals surface area contributed by atoms with Crippen molar-refractivity contribution < 1.29 is 22.0 Å². The van der Waals surface area contributed by atoms with E-state index in [0.717, 1.165) is 0 Å². The van der Waals surface area contributed by atoms with Crippen molar-refractivity contribution in [2.75, 3.05) is 0 Å². The molecule has 0 bridgehead atoms. The molecule has 0 aromatic heterocycles. The lowest BCUT2D eigenvalue weighted by atomic mass is 10.2. The summed E-state index contributed by atoms with van der Waals surface area (Å²) in [7, 11) is 0. The van der Waals surface area contributed by atoms with Crippen LogP contribution in [-0.2, 0) is 0 Å². The molecule has 0 atom stereocenters. The first kappa shape index (κ1) is 11.5. The minimum absolute atomic E-state index is 1.20. The summed E-state index contributed by atoms with van der Waals surface area (Å²) in [5, 5.41) is -2.44. The van der Waals surface area contributed by atoms with E-state index in [-0.39, 0.29) is 0 Å². The van der Waals surface area contributed by atoms with Crippen molar-refractivity contribution in [2.45, 2.75) is 6.43 Å². The summed E-state index contributed by atoms with van der Waals surface area (Å²) in [5.41, 5.74) is -1.52. The van der Waals surface area contributed by atoms with Crippen LogP contribution in [0.25, 0.3) is 0 Å². The molecular formula is C7HCl2F5. The van der Waals surface area contributed by atoms with Gasteiger partial charge in [0.05, 0.1) is 10.6 Å². The third-order valence-corrected chi connectivity index (χ3v) is 2.16. The van der Waals surface area contributed by atoms with E-state index in [1.165, 1.54) is 0 Å². The van der Waals surface area contributed by atoms with Crippen molar-refractivity contribution >= 4 is 23.2 Å². The minimum atomic E-state index is -3.41. The van der Waals surface area contributed by atoms with Gasteiger partial charge in [-0.05, 0) is 0 Å². The van der Waals surface area contributed by atoms with Gasteiger partial charge in [-0.15, -0.1) is 0 Å². The Kier molecular flexibility index (Phi) is 3.21. The van der Waals surface area contributed by atoms with E-state index in [2.05, 4.69) is 0 Å². The molecule has 0 saturated carbocycles. The molecule has 0 aliphatic rings. The third kappa shape index (κ3) is 1.66. The fraction of sp³-hybridized carbons (Fsp3) is 0.143. The predicted molar refractivity (Wildman–Crippen MR) is 41.3 cm³/mol. The summed E-state index contributed by atoms with van der Waals surface area (Å²) < 4.78 is 62.4. The summed E-state index contributed by atoms with van der Waals surface area (Å²) in [6.07, 6.45) is -3.41. The Morgan fingerprint density at radius 3 is 1.71 bits per heavy atom. The monoisotopic (exact) mass is 250 g/mol. The van der Waals surface area contributed by atoms with Crippen molar-refractivity contribution in [3.05, 3.63) is 33.1 Å². The summed E-state index contributed by atoms with van der Waals surface area (Å²) in [6.45, 7) is 0. The molecule has 1 aromatic rings. The van der Waals surface area contributed by atoms with E-state index in [0.29, 0.717) is 0 Å². The first-order chi connectivity index (χ1) is 6.37. The highest BCUT2D eigenvalue weighted by molar-refractivity contribution is 6.35. The van der Waals surface area contributed by atoms with Crippen LogP contribution >= 0.6 is 23.2 Å². The normalized spacial score (nSPS) is 11.1. The smallest absolute Gasteiger partial charge is 0.205 e. The van der Waals surface area contributed by atoms with Gasteiger partial charge in [0.25, 0.3) is 6.43 Å². The molecule has 0 heterocycles. The number of rotatable bonds is 1. The zero-order chi connectivity index (χ0) is 11.0. The maximum absolute atomic E-state index is 12.8. The van der Waals surface area contributed by atoms with Crippen LogP contribution in [0.1, 0.15) is 12.0 Å². The van der Waals surface area contributed by atoms with Gasteiger partial charge in [0.15, 0.2) is 17.5 Å². The molecule has 0 aliphatic carbocycles. The highest BCUT2D eigenvalue weighted by Crippen LogP contribution is 2.37. The van der Waals surface area contributed by atoms with Gasteiger partial charge in [-0.3, -0.25) is 0 Å². The molecule has 78 valence electrons. The van der Waals surface area contributed by atoms with Crippen molar-refractivity contribution in [1.29, 1.82) is 0 Å². The quantitative estimate of drug-likeness (QED) is 0.395. The number of hydrogen-bond donors (Lipinski definition) is 0. The average Bonchev–Trinajstić information content (AvgIpc) is 2.11. The Bertz CT molecular complexity index is 348. The largest absolute Gasteiger partial charge is 0.268 e. The molecule has 0 saturated heterocycles.